The number of phenols is 1. The van der Waals surface area contributed by atoms with E-state index >= 15 is 0 Å². The second-order valence-corrected chi connectivity index (χ2v) is 11.3. The summed E-state index contributed by atoms with van der Waals surface area (Å²) in [4.78, 5) is 32.6. The summed E-state index contributed by atoms with van der Waals surface area (Å²) in [6, 6.07) is 7.43. The molecule has 1 saturated heterocycles. The van der Waals surface area contributed by atoms with Crippen molar-refractivity contribution in [3.8, 4) is 17.0 Å². The van der Waals surface area contributed by atoms with Crippen LogP contribution in [0.5, 0.6) is 5.75 Å². The average molecular weight is 545 g/mol. The number of hydrogen-bond acceptors (Lipinski definition) is 9. The molecule has 1 saturated carbocycles. The van der Waals surface area contributed by atoms with Gasteiger partial charge in [-0.15, -0.1) is 0 Å². The minimum atomic E-state index is -2.50. The molecule has 2 fully saturated rings. The number of nitrogens with zero attached hydrogens (tertiary/aromatic N) is 2. The van der Waals surface area contributed by atoms with Crippen LogP contribution in [0.15, 0.2) is 47.4 Å². The van der Waals surface area contributed by atoms with Crippen molar-refractivity contribution in [3.63, 3.8) is 0 Å². The molecule has 3 aliphatic carbocycles. The molecule has 0 bridgehead atoms. The predicted molar refractivity (Wildman–Crippen MR) is 146 cm³/mol. The number of phenolic OH excluding ortho intramolecular Hbond substituents is 1. The normalized spacial score (nSPS) is 26.8. The molecule has 2 aromatic rings. The van der Waals surface area contributed by atoms with Gasteiger partial charge in [0.25, 0.3) is 5.91 Å². The van der Waals surface area contributed by atoms with E-state index in [4.69, 9.17) is 11.1 Å². The lowest BCUT2D eigenvalue weighted by molar-refractivity contribution is -0.143. The number of pyridine rings is 1. The van der Waals surface area contributed by atoms with E-state index in [2.05, 4.69) is 9.88 Å². The number of aromatic nitrogens is 1. The molecule has 40 heavy (non-hydrogen) atoms. The largest absolute Gasteiger partial charge is 0.508 e. The zero-order valence-corrected chi connectivity index (χ0v) is 22.0. The molecule has 10 nitrogen and oxygen atoms in total. The fourth-order valence-corrected chi connectivity index (χ4v) is 7.02. The molecule has 1 amide bonds. The number of hydrogen-bond donors (Lipinski definition) is 6. The molecule has 0 radical (unpaired) electrons. The zero-order valence-electron chi connectivity index (χ0n) is 22.0. The van der Waals surface area contributed by atoms with Crippen molar-refractivity contribution in [2.45, 2.75) is 50.7 Å². The molecule has 3 atom stereocenters. The van der Waals surface area contributed by atoms with Crippen LogP contribution in [-0.2, 0) is 22.6 Å². The van der Waals surface area contributed by atoms with Crippen molar-refractivity contribution < 1.29 is 30.0 Å². The Hall–Kier alpha value is -4.02. The number of primary amides is 1. The lowest BCUT2D eigenvalue weighted by Crippen LogP contribution is -2.58. The standard InChI is InChI=1S/C30H32N4O6/c31-20-13-17-10-15-11-19-18(21-6-2-3-7-33-21)12-16(14-34-8-4-1-5-9-34)25(35)23(19)26(36)22(15)27(37)30(17,40)28(38)24(20)29(32)39/h2-3,6-7,12,15,17,31,35-36,38,40H,1,4-5,8-11,13-14H2,(H2,32,39)/t15-,17+,30+/m1/s1. The first-order chi connectivity index (χ1) is 19.1. The molecule has 7 N–H and O–H groups in total. The molecular formula is C30H32N4O6. The van der Waals surface area contributed by atoms with Gasteiger partial charge in [0.05, 0.1) is 11.3 Å². The van der Waals surface area contributed by atoms with Crippen LogP contribution in [0.25, 0.3) is 17.0 Å². The fourth-order valence-electron chi connectivity index (χ4n) is 7.02. The summed E-state index contributed by atoms with van der Waals surface area (Å²) in [6.07, 6.45) is 5.26. The Balaban J connectivity index is 1.53. The molecule has 0 spiro atoms. The van der Waals surface area contributed by atoms with E-state index in [1.165, 1.54) is 0 Å². The van der Waals surface area contributed by atoms with Crippen molar-refractivity contribution in [2.24, 2.45) is 17.6 Å². The van der Waals surface area contributed by atoms with Gasteiger partial charge in [-0.05, 0) is 74.9 Å². The van der Waals surface area contributed by atoms with E-state index in [9.17, 15) is 30.0 Å². The van der Waals surface area contributed by atoms with Crippen LogP contribution < -0.4 is 5.73 Å². The Labute approximate surface area is 231 Å². The highest BCUT2D eigenvalue weighted by Crippen LogP contribution is 2.53. The smallest absolute Gasteiger partial charge is 0.254 e. The van der Waals surface area contributed by atoms with Crippen molar-refractivity contribution in [1.29, 1.82) is 5.41 Å². The number of carbonyl (C=O) groups excluding carboxylic acids is 2. The summed E-state index contributed by atoms with van der Waals surface area (Å²) < 4.78 is 0. The van der Waals surface area contributed by atoms with Crippen LogP contribution >= 0.6 is 0 Å². The van der Waals surface area contributed by atoms with Crippen LogP contribution in [0.2, 0.25) is 0 Å². The third kappa shape index (κ3) is 3.85. The van der Waals surface area contributed by atoms with Gasteiger partial charge in [-0.3, -0.25) is 19.5 Å². The monoisotopic (exact) mass is 544 g/mol. The maximum absolute atomic E-state index is 13.9. The Bertz CT molecular complexity index is 1510. The van der Waals surface area contributed by atoms with E-state index < -0.39 is 46.2 Å². The van der Waals surface area contributed by atoms with Gasteiger partial charge in [-0.25, -0.2) is 0 Å². The predicted octanol–water partition coefficient (Wildman–Crippen LogP) is 2.92. The third-order valence-electron chi connectivity index (χ3n) is 8.97. The van der Waals surface area contributed by atoms with Gasteiger partial charge < -0.3 is 31.6 Å². The van der Waals surface area contributed by atoms with Gasteiger partial charge in [0.2, 0.25) is 5.78 Å². The maximum Gasteiger partial charge on any atom is 0.254 e. The van der Waals surface area contributed by atoms with Gasteiger partial charge in [-0.1, -0.05) is 12.5 Å². The molecule has 1 aromatic carbocycles. The minimum absolute atomic E-state index is 0.104. The van der Waals surface area contributed by atoms with Gasteiger partial charge in [0.1, 0.15) is 22.8 Å². The summed E-state index contributed by atoms with van der Waals surface area (Å²) in [6.45, 7) is 2.24. The summed E-state index contributed by atoms with van der Waals surface area (Å²) in [5, 5.41) is 53.8. The molecule has 2 heterocycles. The molecule has 1 aromatic heterocycles. The number of likely N-dealkylation sites (tertiary alicyclic amines) is 1. The number of piperidine rings is 1. The number of aromatic hydroxyl groups is 1. The van der Waals surface area contributed by atoms with Gasteiger partial charge >= 0.3 is 0 Å². The number of fused-ring (bicyclic) bond motifs is 3. The van der Waals surface area contributed by atoms with E-state index in [0.717, 1.165) is 37.9 Å². The van der Waals surface area contributed by atoms with Crippen molar-refractivity contribution >= 4 is 23.2 Å². The average Bonchev–Trinajstić information content (AvgIpc) is 2.93. The lowest BCUT2D eigenvalue weighted by atomic mass is 9.59. The Morgan fingerprint density at radius 3 is 2.58 bits per heavy atom. The molecular weight excluding hydrogens is 512 g/mol. The van der Waals surface area contributed by atoms with Crippen LogP contribution in [0.1, 0.15) is 48.8 Å². The molecule has 4 aliphatic rings. The summed E-state index contributed by atoms with van der Waals surface area (Å²) >= 11 is 0. The first kappa shape index (κ1) is 26.2. The number of amides is 1. The first-order valence-corrected chi connectivity index (χ1v) is 13.7. The number of aliphatic hydroxyl groups excluding tert-OH is 2. The van der Waals surface area contributed by atoms with Crippen LogP contribution in [0.4, 0.5) is 0 Å². The molecule has 208 valence electrons. The second-order valence-electron chi connectivity index (χ2n) is 11.3. The van der Waals surface area contributed by atoms with E-state index in [1.54, 1.807) is 12.3 Å². The molecule has 6 rings (SSSR count). The van der Waals surface area contributed by atoms with Gasteiger partial charge in [-0.2, -0.15) is 0 Å². The number of Topliss-reactive ketones (excluding diaryl/α,β-unsaturated/α-hetero) is 1. The number of aliphatic hydroxyl groups is 3. The summed E-state index contributed by atoms with van der Waals surface area (Å²) in [5.41, 5.74) is 4.71. The first-order valence-electron chi connectivity index (χ1n) is 13.7. The second kappa shape index (κ2) is 9.57. The van der Waals surface area contributed by atoms with Gasteiger partial charge in [0.15, 0.2) is 5.60 Å². The summed E-state index contributed by atoms with van der Waals surface area (Å²) in [7, 11) is 0. The van der Waals surface area contributed by atoms with E-state index in [-0.39, 0.29) is 41.9 Å². The van der Waals surface area contributed by atoms with Crippen molar-refractivity contribution in [2.75, 3.05) is 13.1 Å². The number of benzene rings is 1. The number of nitrogens with one attached hydrogen (secondary N) is 1. The number of nitrogens with two attached hydrogens (primary N) is 1. The molecule has 10 heteroatoms. The van der Waals surface area contributed by atoms with Crippen molar-refractivity contribution in [3.05, 3.63) is 64.1 Å². The Morgan fingerprint density at radius 1 is 1.15 bits per heavy atom. The molecule has 0 unspecified atom stereocenters. The van der Waals surface area contributed by atoms with Gasteiger partial charge in [0, 0.05) is 41.1 Å². The maximum atomic E-state index is 13.9. The number of rotatable bonds is 4. The lowest BCUT2D eigenvalue weighted by Gasteiger charge is -2.46. The Kier molecular flexibility index (Phi) is 6.27. The highest BCUT2D eigenvalue weighted by Gasteiger charge is 2.59. The Morgan fingerprint density at radius 2 is 1.90 bits per heavy atom. The van der Waals surface area contributed by atoms with Crippen molar-refractivity contribution in [1.82, 2.24) is 9.88 Å². The number of ketones is 1. The zero-order chi connectivity index (χ0) is 28.3. The highest BCUT2D eigenvalue weighted by molar-refractivity contribution is 6.23. The highest BCUT2D eigenvalue weighted by atomic mass is 16.3. The van der Waals surface area contributed by atoms with Crippen LogP contribution in [-0.4, -0.2) is 66.4 Å². The van der Waals surface area contributed by atoms with E-state index in [1.807, 2.05) is 18.2 Å². The van der Waals surface area contributed by atoms with E-state index in [0.29, 0.717) is 23.4 Å². The molecule has 1 aliphatic heterocycles. The quantitative estimate of drug-likeness (QED) is 0.340. The summed E-state index contributed by atoms with van der Waals surface area (Å²) in [5.74, 6) is -5.02. The SMILES string of the molecule is N=C1C[C@@H]2C[C@@H]3Cc4c(-c5ccccn5)cc(CN5CCCCC5)c(O)c4C(O)=C3C(=O)[C@]2(O)C(O)=C1C(N)=O. The minimum Gasteiger partial charge on any atom is -0.508 e. The third-order valence-corrected chi connectivity index (χ3v) is 8.97. The topological polar surface area (TPSA) is 181 Å². The van der Waals surface area contributed by atoms with Crippen LogP contribution in [0, 0.1) is 17.2 Å². The van der Waals surface area contributed by atoms with Crippen LogP contribution in [0.3, 0.4) is 0 Å². The fraction of sp³-hybridized carbons (Fsp3) is 0.400. The number of carbonyl (C=O) groups is 2.